The molecule has 0 bridgehead atoms. The Morgan fingerprint density at radius 2 is 2.00 bits per heavy atom. The van der Waals surface area contributed by atoms with E-state index in [4.69, 9.17) is 0 Å². The van der Waals surface area contributed by atoms with E-state index in [0.717, 1.165) is 44.3 Å². The largest absolute Gasteiger partial charge is 0.340 e. The van der Waals surface area contributed by atoms with Crippen molar-refractivity contribution in [1.82, 2.24) is 10.2 Å². The van der Waals surface area contributed by atoms with Crippen molar-refractivity contribution >= 4 is 17.7 Å². The molecule has 2 aliphatic heterocycles. The summed E-state index contributed by atoms with van der Waals surface area (Å²) in [5, 5.41) is 3.43. The van der Waals surface area contributed by atoms with Crippen molar-refractivity contribution in [2.45, 2.75) is 63.0 Å². The fourth-order valence-corrected chi connectivity index (χ4v) is 6.11. The number of carbonyl (C=O) groups is 1. The molecule has 2 saturated heterocycles. The second-order valence-corrected chi connectivity index (χ2v) is 9.24. The monoisotopic (exact) mass is 324 g/mol. The third-order valence-electron chi connectivity index (χ3n) is 6.05. The standard InChI is InChI=1S/C18H32N2OS/c1-15(16-5-9-19-10-6-16)13-17(21)20-11-12-22-18(14-20)7-3-2-4-8-18/h15-16,19H,2-14H2,1H3. The average Bonchev–Trinajstić information content (AvgIpc) is 2.56. The first-order valence-corrected chi connectivity index (χ1v) is 10.3. The second-order valence-electron chi connectivity index (χ2n) is 7.68. The van der Waals surface area contributed by atoms with E-state index >= 15 is 0 Å². The van der Waals surface area contributed by atoms with Crippen molar-refractivity contribution < 1.29 is 4.79 Å². The van der Waals surface area contributed by atoms with Crippen LogP contribution < -0.4 is 5.32 Å². The predicted molar refractivity (Wildman–Crippen MR) is 94.2 cm³/mol. The number of hydrogen-bond acceptors (Lipinski definition) is 3. The average molecular weight is 325 g/mol. The lowest BCUT2D eigenvalue weighted by atomic mass is 9.83. The van der Waals surface area contributed by atoms with Crippen molar-refractivity contribution in [2.24, 2.45) is 11.8 Å². The number of nitrogens with one attached hydrogen (secondary N) is 1. The third kappa shape index (κ3) is 4.00. The Balaban J connectivity index is 1.52. The van der Waals surface area contributed by atoms with E-state index in [1.807, 2.05) is 0 Å². The van der Waals surface area contributed by atoms with Crippen LogP contribution in [-0.2, 0) is 4.79 Å². The number of piperidine rings is 1. The highest BCUT2D eigenvalue weighted by Gasteiger charge is 2.39. The maximum atomic E-state index is 12.8. The van der Waals surface area contributed by atoms with Crippen molar-refractivity contribution in [3.63, 3.8) is 0 Å². The summed E-state index contributed by atoms with van der Waals surface area (Å²) in [6.07, 6.45) is 10.0. The molecular weight excluding hydrogens is 292 g/mol. The van der Waals surface area contributed by atoms with E-state index in [0.29, 0.717) is 16.6 Å². The molecular formula is C18H32N2OS. The molecule has 3 aliphatic rings. The summed E-state index contributed by atoms with van der Waals surface area (Å²) >= 11 is 2.15. The zero-order valence-electron chi connectivity index (χ0n) is 14.1. The van der Waals surface area contributed by atoms with Crippen molar-refractivity contribution in [1.29, 1.82) is 0 Å². The molecule has 1 saturated carbocycles. The quantitative estimate of drug-likeness (QED) is 0.864. The minimum atomic E-state index is 0.407. The van der Waals surface area contributed by atoms with Gasteiger partial charge < -0.3 is 10.2 Å². The fraction of sp³-hybridized carbons (Fsp3) is 0.944. The number of hydrogen-bond donors (Lipinski definition) is 1. The molecule has 1 amide bonds. The summed E-state index contributed by atoms with van der Waals surface area (Å²) in [5.41, 5.74) is 0. The maximum absolute atomic E-state index is 12.8. The summed E-state index contributed by atoms with van der Waals surface area (Å²) in [5.74, 6) is 2.86. The van der Waals surface area contributed by atoms with Gasteiger partial charge in [0.1, 0.15) is 0 Å². The normalized spacial score (nSPS) is 27.8. The summed E-state index contributed by atoms with van der Waals surface area (Å²) in [6, 6.07) is 0. The summed E-state index contributed by atoms with van der Waals surface area (Å²) in [7, 11) is 0. The van der Waals surface area contributed by atoms with Crippen LogP contribution in [0.4, 0.5) is 0 Å². The Labute approximate surface area is 140 Å². The van der Waals surface area contributed by atoms with Crippen molar-refractivity contribution in [2.75, 3.05) is 31.9 Å². The lowest BCUT2D eigenvalue weighted by Crippen LogP contribution is -2.50. The van der Waals surface area contributed by atoms with E-state index in [1.54, 1.807) is 0 Å². The van der Waals surface area contributed by atoms with Crippen molar-refractivity contribution in [3.8, 4) is 0 Å². The zero-order valence-corrected chi connectivity index (χ0v) is 14.9. The van der Waals surface area contributed by atoms with Gasteiger partial charge in [-0.15, -0.1) is 0 Å². The van der Waals surface area contributed by atoms with Gasteiger partial charge in [-0.05, 0) is 50.6 Å². The lowest BCUT2D eigenvalue weighted by molar-refractivity contribution is -0.133. The lowest BCUT2D eigenvalue weighted by Gasteiger charge is -2.45. The highest BCUT2D eigenvalue weighted by molar-refractivity contribution is 8.00. The molecule has 1 unspecified atom stereocenters. The van der Waals surface area contributed by atoms with Crippen LogP contribution in [0, 0.1) is 11.8 Å². The summed E-state index contributed by atoms with van der Waals surface area (Å²) in [4.78, 5) is 15.0. The molecule has 3 nitrogen and oxygen atoms in total. The van der Waals surface area contributed by atoms with E-state index in [1.165, 1.54) is 44.9 Å². The Hall–Kier alpha value is -0.220. The summed E-state index contributed by atoms with van der Waals surface area (Å²) in [6.45, 7) is 6.56. The van der Waals surface area contributed by atoms with Crippen LogP contribution in [0.15, 0.2) is 0 Å². The van der Waals surface area contributed by atoms with Gasteiger partial charge in [0.25, 0.3) is 0 Å². The molecule has 2 heterocycles. The van der Waals surface area contributed by atoms with Gasteiger partial charge in [0, 0.05) is 30.0 Å². The Bertz CT molecular complexity index is 370. The van der Waals surface area contributed by atoms with Crippen molar-refractivity contribution in [3.05, 3.63) is 0 Å². The fourth-order valence-electron chi connectivity index (χ4n) is 4.54. The first kappa shape index (κ1) is 16.6. The SMILES string of the molecule is CC(CC(=O)N1CCSC2(CCCCC2)C1)C1CCNCC1. The first-order chi connectivity index (χ1) is 10.7. The van der Waals surface area contributed by atoms with Crippen LogP contribution in [0.1, 0.15) is 58.3 Å². The molecule has 1 N–H and O–H groups in total. The van der Waals surface area contributed by atoms with E-state index in [9.17, 15) is 4.79 Å². The van der Waals surface area contributed by atoms with Gasteiger partial charge in [-0.25, -0.2) is 0 Å². The van der Waals surface area contributed by atoms with Crippen LogP contribution in [0.3, 0.4) is 0 Å². The van der Waals surface area contributed by atoms with Crippen LogP contribution >= 0.6 is 11.8 Å². The Morgan fingerprint density at radius 3 is 2.73 bits per heavy atom. The molecule has 4 heteroatoms. The second kappa shape index (κ2) is 7.57. The van der Waals surface area contributed by atoms with Crippen LogP contribution in [0.5, 0.6) is 0 Å². The minimum Gasteiger partial charge on any atom is -0.340 e. The molecule has 126 valence electrons. The molecule has 22 heavy (non-hydrogen) atoms. The highest BCUT2D eigenvalue weighted by atomic mass is 32.2. The Kier molecular flexibility index (Phi) is 5.72. The van der Waals surface area contributed by atoms with Gasteiger partial charge in [0.05, 0.1) is 0 Å². The van der Waals surface area contributed by atoms with Gasteiger partial charge in [-0.3, -0.25) is 4.79 Å². The number of carbonyl (C=O) groups excluding carboxylic acids is 1. The molecule has 0 aromatic heterocycles. The predicted octanol–water partition coefficient (Wildman–Crippen LogP) is 3.29. The molecule has 1 aliphatic carbocycles. The molecule has 3 rings (SSSR count). The minimum absolute atomic E-state index is 0.407. The first-order valence-electron chi connectivity index (χ1n) is 9.31. The maximum Gasteiger partial charge on any atom is 0.222 e. The topological polar surface area (TPSA) is 32.3 Å². The smallest absolute Gasteiger partial charge is 0.222 e. The zero-order chi connectivity index (χ0) is 15.4. The Morgan fingerprint density at radius 1 is 1.27 bits per heavy atom. The van der Waals surface area contributed by atoms with Gasteiger partial charge >= 0.3 is 0 Å². The number of rotatable bonds is 3. The van der Waals surface area contributed by atoms with E-state index < -0.39 is 0 Å². The molecule has 0 aromatic carbocycles. The van der Waals surface area contributed by atoms with Crippen LogP contribution in [0.2, 0.25) is 0 Å². The number of thioether (sulfide) groups is 1. The molecule has 1 atom stereocenters. The highest BCUT2D eigenvalue weighted by Crippen LogP contribution is 2.43. The molecule has 3 fully saturated rings. The number of nitrogens with zero attached hydrogens (tertiary/aromatic N) is 1. The van der Waals surface area contributed by atoms with Gasteiger partial charge in [-0.2, -0.15) is 11.8 Å². The van der Waals surface area contributed by atoms with Gasteiger partial charge in [0.15, 0.2) is 0 Å². The number of amides is 1. The van der Waals surface area contributed by atoms with Gasteiger partial charge in [0.2, 0.25) is 5.91 Å². The third-order valence-corrected chi connectivity index (χ3v) is 7.59. The van der Waals surface area contributed by atoms with Crippen LogP contribution in [0.25, 0.3) is 0 Å². The molecule has 0 aromatic rings. The van der Waals surface area contributed by atoms with Crippen LogP contribution in [-0.4, -0.2) is 47.5 Å². The summed E-state index contributed by atoms with van der Waals surface area (Å²) < 4.78 is 0.407. The molecule has 1 spiro atoms. The molecule has 0 radical (unpaired) electrons. The van der Waals surface area contributed by atoms with E-state index in [2.05, 4.69) is 28.9 Å². The van der Waals surface area contributed by atoms with Gasteiger partial charge in [-0.1, -0.05) is 26.2 Å². The van der Waals surface area contributed by atoms with E-state index in [-0.39, 0.29) is 0 Å².